The van der Waals surface area contributed by atoms with E-state index in [4.69, 9.17) is 9.84 Å². The molecule has 1 saturated heterocycles. The largest absolute Gasteiger partial charge is 0.494 e. The highest BCUT2D eigenvalue weighted by atomic mass is 16.5. The van der Waals surface area contributed by atoms with Crippen LogP contribution in [0.25, 0.3) is 0 Å². The van der Waals surface area contributed by atoms with Gasteiger partial charge < -0.3 is 20.1 Å². The van der Waals surface area contributed by atoms with Gasteiger partial charge in [-0.25, -0.2) is 4.79 Å². The molecular weight excluding hydrogens is 358 g/mol. The Labute approximate surface area is 167 Å². The number of aliphatic carboxylic acids is 1. The highest BCUT2D eigenvalue weighted by molar-refractivity contribution is 5.89. The first kappa shape index (κ1) is 22.0. The van der Waals surface area contributed by atoms with E-state index in [1.807, 2.05) is 36.1 Å². The molecule has 0 saturated carbocycles. The molecule has 0 atom stereocenters. The van der Waals surface area contributed by atoms with Crippen LogP contribution in [0.3, 0.4) is 0 Å². The molecule has 7 nitrogen and oxygen atoms in total. The van der Waals surface area contributed by atoms with Crippen LogP contribution < -0.4 is 10.1 Å². The van der Waals surface area contributed by atoms with Crippen LogP contribution in [0.15, 0.2) is 24.3 Å². The Hall–Kier alpha value is -2.28. The minimum absolute atomic E-state index is 0.0545. The highest BCUT2D eigenvalue weighted by Gasteiger charge is 2.27. The SMILES string of the molecule is CCN(CC(=O)O)C1CCN(C(=O)Nc2ccc(OCCC(C)C)cc2)CC1. The molecule has 156 valence electrons. The van der Waals surface area contributed by atoms with E-state index in [9.17, 15) is 9.59 Å². The molecule has 0 unspecified atom stereocenters. The number of hydrogen-bond acceptors (Lipinski definition) is 4. The van der Waals surface area contributed by atoms with Crippen molar-refractivity contribution in [2.75, 3.05) is 38.1 Å². The number of urea groups is 1. The Morgan fingerprint density at radius 2 is 1.89 bits per heavy atom. The number of likely N-dealkylation sites (N-methyl/N-ethyl adjacent to an activating group) is 1. The zero-order chi connectivity index (χ0) is 20.5. The molecule has 1 aliphatic rings. The summed E-state index contributed by atoms with van der Waals surface area (Å²) in [5.74, 6) is 0.604. The molecule has 1 aliphatic heterocycles. The van der Waals surface area contributed by atoms with Crippen LogP contribution in [0.4, 0.5) is 10.5 Å². The number of benzene rings is 1. The van der Waals surface area contributed by atoms with Gasteiger partial charge in [-0.15, -0.1) is 0 Å². The predicted octanol–water partition coefficient (Wildman–Crippen LogP) is 3.51. The van der Waals surface area contributed by atoms with Crippen molar-refractivity contribution in [2.45, 2.75) is 46.1 Å². The summed E-state index contributed by atoms with van der Waals surface area (Å²) in [4.78, 5) is 27.2. The Bertz CT molecular complexity index is 625. The Balaban J connectivity index is 1.78. The number of piperidine rings is 1. The van der Waals surface area contributed by atoms with Crippen molar-refractivity contribution < 1.29 is 19.4 Å². The fourth-order valence-corrected chi connectivity index (χ4v) is 3.36. The molecule has 0 aliphatic carbocycles. The minimum atomic E-state index is -0.807. The third-order valence-corrected chi connectivity index (χ3v) is 5.08. The van der Waals surface area contributed by atoms with Gasteiger partial charge in [0.2, 0.25) is 0 Å². The number of likely N-dealkylation sites (tertiary alicyclic amines) is 1. The first-order valence-electron chi connectivity index (χ1n) is 10.1. The summed E-state index contributed by atoms with van der Waals surface area (Å²) in [6, 6.07) is 7.53. The van der Waals surface area contributed by atoms with E-state index in [2.05, 4.69) is 19.2 Å². The minimum Gasteiger partial charge on any atom is -0.494 e. The summed E-state index contributed by atoms with van der Waals surface area (Å²) in [5, 5.41) is 11.9. The summed E-state index contributed by atoms with van der Waals surface area (Å²) >= 11 is 0. The Morgan fingerprint density at radius 3 is 2.43 bits per heavy atom. The summed E-state index contributed by atoms with van der Waals surface area (Å²) in [6.45, 7) is 9.00. The maximum atomic E-state index is 12.5. The number of carbonyl (C=O) groups excluding carboxylic acids is 1. The fraction of sp³-hybridized carbons (Fsp3) is 0.619. The molecular formula is C21H33N3O4. The van der Waals surface area contributed by atoms with E-state index in [-0.39, 0.29) is 18.6 Å². The smallest absolute Gasteiger partial charge is 0.321 e. The van der Waals surface area contributed by atoms with Crippen LogP contribution in [-0.2, 0) is 4.79 Å². The number of amides is 2. The second-order valence-corrected chi connectivity index (χ2v) is 7.66. The molecule has 0 radical (unpaired) electrons. The first-order chi connectivity index (χ1) is 13.4. The van der Waals surface area contributed by atoms with Gasteiger partial charge in [0.15, 0.2) is 0 Å². The van der Waals surface area contributed by atoms with E-state index in [0.29, 0.717) is 32.2 Å². The summed E-state index contributed by atoms with van der Waals surface area (Å²) in [6.07, 6.45) is 2.59. The Morgan fingerprint density at radius 1 is 1.25 bits per heavy atom. The van der Waals surface area contributed by atoms with Crippen LogP contribution in [0.1, 0.15) is 40.0 Å². The fourth-order valence-electron chi connectivity index (χ4n) is 3.36. The number of carboxylic acids is 1. The standard InChI is InChI=1S/C21H33N3O4/c1-4-23(15-20(25)26)18-9-12-24(13-10-18)21(27)22-17-5-7-19(8-6-17)28-14-11-16(2)3/h5-8,16,18H,4,9-15H2,1-3H3,(H,22,27)(H,25,26). The lowest BCUT2D eigenvalue weighted by Crippen LogP contribution is -2.49. The maximum absolute atomic E-state index is 12.5. The van der Waals surface area contributed by atoms with Gasteiger partial charge in [0.05, 0.1) is 13.2 Å². The van der Waals surface area contributed by atoms with Crippen LogP contribution in [0.5, 0.6) is 5.75 Å². The number of nitrogens with one attached hydrogen (secondary N) is 1. The van der Waals surface area contributed by atoms with Crippen LogP contribution >= 0.6 is 0 Å². The van der Waals surface area contributed by atoms with Gasteiger partial charge in [-0.1, -0.05) is 20.8 Å². The summed E-state index contributed by atoms with van der Waals surface area (Å²) in [5.41, 5.74) is 0.740. The van der Waals surface area contributed by atoms with Crippen molar-refractivity contribution in [3.05, 3.63) is 24.3 Å². The van der Waals surface area contributed by atoms with E-state index < -0.39 is 5.97 Å². The monoisotopic (exact) mass is 391 g/mol. The van der Waals surface area contributed by atoms with Gasteiger partial charge in [0.1, 0.15) is 5.75 Å². The molecule has 0 spiro atoms. The molecule has 1 aromatic carbocycles. The Kier molecular flexibility index (Phi) is 8.57. The lowest BCUT2D eigenvalue weighted by Gasteiger charge is -2.37. The molecule has 7 heteroatoms. The van der Waals surface area contributed by atoms with Crippen molar-refractivity contribution in [3.8, 4) is 5.75 Å². The summed E-state index contributed by atoms with van der Waals surface area (Å²) < 4.78 is 5.70. The topological polar surface area (TPSA) is 82.1 Å². The van der Waals surface area contributed by atoms with Gasteiger partial charge in [-0.2, -0.15) is 0 Å². The molecule has 2 rings (SSSR count). The van der Waals surface area contributed by atoms with E-state index in [1.54, 1.807) is 4.90 Å². The quantitative estimate of drug-likeness (QED) is 0.673. The second-order valence-electron chi connectivity index (χ2n) is 7.66. The first-order valence-corrected chi connectivity index (χ1v) is 10.1. The number of hydrogen-bond donors (Lipinski definition) is 2. The van der Waals surface area contributed by atoms with Crippen molar-refractivity contribution in [1.82, 2.24) is 9.80 Å². The predicted molar refractivity (Wildman–Crippen MR) is 110 cm³/mol. The zero-order valence-electron chi connectivity index (χ0n) is 17.2. The van der Waals surface area contributed by atoms with Gasteiger partial charge in [-0.3, -0.25) is 9.69 Å². The van der Waals surface area contributed by atoms with Crippen LogP contribution in [0.2, 0.25) is 0 Å². The molecule has 1 heterocycles. The zero-order valence-corrected chi connectivity index (χ0v) is 17.2. The molecule has 1 fully saturated rings. The molecule has 2 N–H and O–H groups in total. The maximum Gasteiger partial charge on any atom is 0.321 e. The number of carbonyl (C=O) groups is 2. The molecule has 0 aromatic heterocycles. The molecule has 28 heavy (non-hydrogen) atoms. The van der Waals surface area contributed by atoms with Gasteiger partial charge in [0.25, 0.3) is 0 Å². The van der Waals surface area contributed by atoms with Crippen molar-refractivity contribution >= 4 is 17.7 Å². The van der Waals surface area contributed by atoms with Crippen LogP contribution in [-0.4, -0.2) is 65.7 Å². The number of anilines is 1. The van der Waals surface area contributed by atoms with Crippen LogP contribution in [0, 0.1) is 5.92 Å². The number of ether oxygens (including phenoxy) is 1. The summed E-state index contributed by atoms with van der Waals surface area (Å²) in [7, 11) is 0. The molecule has 1 aromatic rings. The number of nitrogens with zero attached hydrogens (tertiary/aromatic N) is 2. The molecule has 0 bridgehead atoms. The van der Waals surface area contributed by atoms with E-state index in [0.717, 1.165) is 30.7 Å². The number of rotatable bonds is 9. The highest BCUT2D eigenvalue weighted by Crippen LogP contribution is 2.19. The lowest BCUT2D eigenvalue weighted by molar-refractivity contribution is -0.139. The normalized spacial score (nSPS) is 15.1. The van der Waals surface area contributed by atoms with E-state index >= 15 is 0 Å². The van der Waals surface area contributed by atoms with E-state index in [1.165, 1.54) is 0 Å². The van der Waals surface area contributed by atoms with Crippen molar-refractivity contribution in [3.63, 3.8) is 0 Å². The number of carboxylic acid groups (broad SMARTS) is 1. The van der Waals surface area contributed by atoms with Crippen molar-refractivity contribution in [1.29, 1.82) is 0 Å². The van der Waals surface area contributed by atoms with Gasteiger partial charge >= 0.3 is 12.0 Å². The van der Waals surface area contributed by atoms with Gasteiger partial charge in [-0.05, 0) is 56.0 Å². The average Bonchev–Trinajstić information content (AvgIpc) is 2.67. The van der Waals surface area contributed by atoms with Crippen molar-refractivity contribution in [2.24, 2.45) is 5.92 Å². The third kappa shape index (κ3) is 7.03. The van der Waals surface area contributed by atoms with Gasteiger partial charge in [0, 0.05) is 24.8 Å². The average molecular weight is 392 g/mol. The second kappa shape index (κ2) is 10.9. The third-order valence-electron chi connectivity index (χ3n) is 5.08. The lowest BCUT2D eigenvalue weighted by atomic mass is 10.0. The molecule has 2 amide bonds.